The molecular formula is C13H16N4O3S2. The summed E-state index contributed by atoms with van der Waals surface area (Å²) in [4.78, 5) is 12.1. The highest BCUT2D eigenvalue weighted by atomic mass is 32.2. The van der Waals surface area contributed by atoms with E-state index in [1.54, 1.807) is 0 Å². The van der Waals surface area contributed by atoms with Gasteiger partial charge in [-0.3, -0.25) is 10.2 Å². The molecule has 2 aliphatic rings. The van der Waals surface area contributed by atoms with Crippen molar-refractivity contribution in [2.24, 2.45) is 10.2 Å². The number of primary sulfonamides is 1. The first-order valence-electron chi connectivity index (χ1n) is 6.86. The number of nitrogens with one attached hydrogen (secondary N) is 2. The van der Waals surface area contributed by atoms with Gasteiger partial charge in [-0.05, 0) is 37.1 Å². The number of rotatable bonds is 3. The quantitative estimate of drug-likeness (QED) is 0.765. The smallest absolute Gasteiger partial charge is 0.282 e. The first kappa shape index (κ1) is 15.3. The summed E-state index contributed by atoms with van der Waals surface area (Å²) in [5.74, 6) is -0.301. The zero-order valence-corrected chi connectivity index (χ0v) is 13.3. The van der Waals surface area contributed by atoms with Crippen LogP contribution in [0.2, 0.25) is 0 Å². The monoisotopic (exact) mass is 340 g/mol. The highest BCUT2D eigenvalue weighted by Crippen LogP contribution is 2.42. The number of sulfonamides is 1. The molecule has 1 heterocycles. The molecule has 0 radical (unpaired) electrons. The van der Waals surface area contributed by atoms with Crippen molar-refractivity contribution in [3.05, 3.63) is 24.3 Å². The maximum Gasteiger partial charge on any atom is 0.282 e. The van der Waals surface area contributed by atoms with Crippen LogP contribution in [0, 0.1) is 0 Å². The Hall–Kier alpha value is -1.58. The van der Waals surface area contributed by atoms with Gasteiger partial charge < -0.3 is 5.32 Å². The summed E-state index contributed by atoms with van der Waals surface area (Å²) in [5, 5.41) is 12.3. The average molecular weight is 340 g/mol. The van der Waals surface area contributed by atoms with Crippen molar-refractivity contribution in [1.29, 1.82) is 0 Å². The van der Waals surface area contributed by atoms with E-state index in [1.807, 2.05) is 0 Å². The number of benzene rings is 1. The van der Waals surface area contributed by atoms with Crippen molar-refractivity contribution in [3.8, 4) is 0 Å². The van der Waals surface area contributed by atoms with Crippen LogP contribution in [0.15, 0.2) is 34.3 Å². The van der Waals surface area contributed by atoms with E-state index >= 15 is 0 Å². The Morgan fingerprint density at radius 1 is 1.27 bits per heavy atom. The Kier molecular flexibility index (Phi) is 3.87. The van der Waals surface area contributed by atoms with Crippen LogP contribution in [0.3, 0.4) is 0 Å². The van der Waals surface area contributed by atoms with Gasteiger partial charge in [-0.25, -0.2) is 13.6 Å². The summed E-state index contributed by atoms with van der Waals surface area (Å²) in [7, 11) is -3.73. The second kappa shape index (κ2) is 5.56. The molecule has 1 aromatic rings. The second-order valence-corrected chi connectivity index (χ2v) is 8.29. The van der Waals surface area contributed by atoms with Crippen LogP contribution in [0.4, 0.5) is 5.69 Å². The summed E-state index contributed by atoms with van der Waals surface area (Å²) < 4.78 is 22.4. The van der Waals surface area contributed by atoms with Gasteiger partial charge in [0.1, 0.15) is 4.87 Å². The molecule has 1 aliphatic carbocycles. The predicted octanol–water partition coefficient (Wildman–Crippen LogP) is 1.19. The van der Waals surface area contributed by atoms with Crippen molar-refractivity contribution >= 4 is 38.4 Å². The van der Waals surface area contributed by atoms with Gasteiger partial charge in [0.2, 0.25) is 10.0 Å². The molecule has 4 N–H and O–H groups in total. The SMILES string of the molecule is NS(=O)(=O)c1ccc(NC(=O)C2=NNC3(CCCC3)S2)cc1. The summed E-state index contributed by atoms with van der Waals surface area (Å²) in [6.45, 7) is 0. The van der Waals surface area contributed by atoms with Crippen molar-refractivity contribution in [1.82, 2.24) is 5.43 Å². The molecule has 118 valence electrons. The Morgan fingerprint density at radius 2 is 1.91 bits per heavy atom. The number of carbonyl (C=O) groups excluding carboxylic acids is 1. The zero-order valence-electron chi connectivity index (χ0n) is 11.7. The third-order valence-corrected chi connectivity index (χ3v) is 5.99. The number of amides is 1. The van der Waals surface area contributed by atoms with Crippen LogP contribution in [0.1, 0.15) is 25.7 Å². The molecule has 1 aromatic carbocycles. The van der Waals surface area contributed by atoms with Gasteiger partial charge in [0.25, 0.3) is 5.91 Å². The lowest BCUT2D eigenvalue weighted by Crippen LogP contribution is -2.31. The van der Waals surface area contributed by atoms with Gasteiger partial charge in [-0.1, -0.05) is 24.6 Å². The maximum absolute atomic E-state index is 12.2. The number of hydrogen-bond donors (Lipinski definition) is 3. The molecule has 0 unspecified atom stereocenters. The fourth-order valence-electron chi connectivity index (χ4n) is 2.55. The van der Waals surface area contributed by atoms with Crippen LogP contribution in [-0.2, 0) is 14.8 Å². The number of anilines is 1. The van der Waals surface area contributed by atoms with E-state index in [-0.39, 0.29) is 15.7 Å². The molecule has 1 spiro atoms. The second-order valence-electron chi connectivity index (χ2n) is 5.36. The lowest BCUT2D eigenvalue weighted by molar-refractivity contribution is -0.110. The largest absolute Gasteiger partial charge is 0.320 e. The molecule has 1 fully saturated rings. The topological polar surface area (TPSA) is 114 Å². The number of hydrogen-bond acceptors (Lipinski definition) is 6. The molecule has 7 nitrogen and oxygen atoms in total. The zero-order chi connectivity index (χ0) is 15.8. The van der Waals surface area contributed by atoms with E-state index in [0.717, 1.165) is 25.7 Å². The third-order valence-electron chi connectivity index (χ3n) is 3.70. The van der Waals surface area contributed by atoms with E-state index in [0.29, 0.717) is 10.7 Å². The number of thioether (sulfide) groups is 1. The molecule has 1 saturated carbocycles. The van der Waals surface area contributed by atoms with E-state index in [2.05, 4.69) is 15.8 Å². The minimum Gasteiger partial charge on any atom is -0.320 e. The summed E-state index contributed by atoms with van der Waals surface area (Å²) in [6, 6.07) is 5.70. The van der Waals surface area contributed by atoms with Gasteiger partial charge >= 0.3 is 0 Å². The number of nitrogens with two attached hydrogens (primary N) is 1. The number of hydrazone groups is 1. The van der Waals surface area contributed by atoms with Crippen LogP contribution < -0.4 is 15.9 Å². The normalized spacial score (nSPS) is 19.8. The Bertz CT molecular complexity index is 722. The van der Waals surface area contributed by atoms with Crippen LogP contribution in [0.5, 0.6) is 0 Å². The average Bonchev–Trinajstić information content (AvgIpc) is 3.09. The molecule has 22 heavy (non-hydrogen) atoms. The van der Waals surface area contributed by atoms with E-state index < -0.39 is 10.0 Å². The molecule has 0 aromatic heterocycles. The van der Waals surface area contributed by atoms with Crippen LogP contribution >= 0.6 is 11.8 Å². The van der Waals surface area contributed by atoms with Gasteiger partial charge in [0.05, 0.1) is 4.90 Å². The molecule has 0 bridgehead atoms. The molecule has 1 amide bonds. The van der Waals surface area contributed by atoms with Gasteiger partial charge in [0, 0.05) is 5.69 Å². The van der Waals surface area contributed by atoms with E-state index in [4.69, 9.17) is 5.14 Å². The lowest BCUT2D eigenvalue weighted by Gasteiger charge is -2.20. The lowest BCUT2D eigenvalue weighted by atomic mass is 10.3. The molecular weight excluding hydrogens is 324 g/mol. The maximum atomic E-state index is 12.2. The molecule has 9 heteroatoms. The van der Waals surface area contributed by atoms with Crippen molar-refractivity contribution in [3.63, 3.8) is 0 Å². The Morgan fingerprint density at radius 3 is 2.50 bits per heavy atom. The predicted molar refractivity (Wildman–Crippen MR) is 85.8 cm³/mol. The summed E-state index contributed by atoms with van der Waals surface area (Å²) in [5.41, 5.74) is 3.57. The number of carbonyl (C=O) groups is 1. The first-order chi connectivity index (χ1) is 10.4. The minimum atomic E-state index is -3.73. The molecule has 0 atom stereocenters. The summed E-state index contributed by atoms with van der Waals surface area (Å²) >= 11 is 1.47. The highest BCUT2D eigenvalue weighted by molar-refractivity contribution is 8.17. The fraction of sp³-hybridized carbons (Fsp3) is 0.385. The highest BCUT2D eigenvalue weighted by Gasteiger charge is 2.41. The molecule has 0 saturated heterocycles. The Balaban J connectivity index is 1.65. The minimum absolute atomic E-state index is 0.00431. The Labute approximate surface area is 132 Å². The van der Waals surface area contributed by atoms with Gasteiger partial charge in [0.15, 0.2) is 5.04 Å². The molecule has 1 aliphatic heterocycles. The standard InChI is InChI=1S/C13H16N4O3S2/c14-22(19,20)10-5-3-9(4-6-10)15-11(18)12-16-17-13(21-12)7-1-2-8-13/h3-6,17H,1-2,7-8H2,(H,15,18)(H2,14,19,20). The van der Waals surface area contributed by atoms with Crippen molar-refractivity contribution < 1.29 is 13.2 Å². The first-order valence-corrected chi connectivity index (χ1v) is 9.22. The van der Waals surface area contributed by atoms with E-state index in [1.165, 1.54) is 36.0 Å². The summed E-state index contributed by atoms with van der Waals surface area (Å²) in [6.07, 6.45) is 4.28. The van der Waals surface area contributed by atoms with Crippen molar-refractivity contribution in [2.45, 2.75) is 35.4 Å². The van der Waals surface area contributed by atoms with E-state index in [9.17, 15) is 13.2 Å². The number of nitrogens with zero attached hydrogens (tertiary/aromatic N) is 1. The van der Waals surface area contributed by atoms with Crippen LogP contribution in [0.25, 0.3) is 0 Å². The van der Waals surface area contributed by atoms with Gasteiger partial charge in [-0.15, -0.1) is 0 Å². The molecule has 3 rings (SSSR count). The fourth-order valence-corrected chi connectivity index (χ4v) is 4.26. The van der Waals surface area contributed by atoms with Crippen LogP contribution in [-0.4, -0.2) is 24.2 Å². The van der Waals surface area contributed by atoms with Gasteiger partial charge in [-0.2, -0.15) is 5.10 Å². The van der Waals surface area contributed by atoms with Crippen molar-refractivity contribution in [2.75, 3.05) is 5.32 Å². The third kappa shape index (κ3) is 3.11.